The highest BCUT2D eigenvalue weighted by molar-refractivity contribution is 5.94. The minimum absolute atomic E-state index is 0.0693. The molecule has 2 aromatic rings. The number of likely N-dealkylation sites (tertiary alicyclic amines) is 1. The number of rotatable bonds is 2. The highest BCUT2D eigenvalue weighted by Crippen LogP contribution is 2.28. The Labute approximate surface area is 135 Å². The van der Waals surface area contributed by atoms with Crippen molar-refractivity contribution in [1.82, 2.24) is 25.1 Å². The van der Waals surface area contributed by atoms with Crippen LogP contribution in [0.25, 0.3) is 0 Å². The second kappa shape index (κ2) is 5.76. The fraction of sp³-hybridized carbons (Fsp3) is 0.529. The third-order valence-electron chi connectivity index (χ3n) is 4.93. The van der Waals surface area contributed by atoms with Gasteiger partial charge in [-0.15, -0.1) is 0 Å². The number of carbonyl (C=O) groups is 1. The van der Waals surface area contributed by atoms with Crippen LogP contribution in [-0.2, 0) is 12.8 Å². The molecule has 0 spiro atoms. The molecule has 6 heteroatoms. The molecule has 120 valence electrons. The molecule has 1 atom stereocenters. The average molecular weight is 311 g/mol. The molecule has 0 aromatic carbocycles. The normalized spacial score (nSPS) is 20.6. The van der Waals surface area contributed by atoms with Crippen LogP contribution in [-0.4, -0.2) is 44.1 Å². The minimum atomic E-state index is 0.0693. The van der Waals surface area contributed by atoms with E-state index in [1.807, 2.05) is 17.9 Å². The van der Waals surface area contributed by atoms with Gasteiger partial charge in [0.05, 0.1) is 0 Å². The third kappa shape index (κ3) is 2.62. The van der Waals surface area contributed by atoms with Crippen molar-refractivity contribution in [3.63, 3.8) is 0 Å². The van der Waals surface area contributed by atoms with Gasteiger partial charge in [0.2, 0.25) is 0 Å². The number of H-pyrrole nitrogens is 1. The monoisotopic (exact) mass is 311 g/mol. The zero-order chi connectivity index (χ0) is 15.8. The highest BCUT2D eigenvalue weighted by Gasteiger charge is 2.30. The van der Waals surface area contributed by atoms with Crippen molar-refractivity contribution in [3.8, 4) is 0 Å². The number of aryl methyl sites for hydroxylation is 2. The molecule has 0 saturated carbocycles. The molecule has 1 unspecified atom stereocenters. The molecule has 1 fully saturated rings. The number of hydrogen-bond acceptors (Lipinski definition) is 4. The van der Waals surface area contributed by atoms with Gasteiger partial charge in [-0.05, 0) is 45.1 Å². The van der Waals surface area contributed by atoms with Gasteiger partial charge < -0.3 is 4.90 Å². The van der Waals surface area contributed by atoms with Crippen molar-refractivity contribution < 1.29 is 4.79 Å². The number of piperidine rings is 1. The molecular formula is C17H21N5O. The summed E-state index contributed by atoms with van der Waals surface area (Å²) in [6.45, 7) is 3.43. The maximum Gasteiger partial charge on any atom is 0.274 e. The van der Waals surface area contributed by atoms with Crippen LogP contribution in [0.15, 0.2) is 12.3 Å². The highest BCUT2D eigenvalue weighted by atomic mass is 16.2. The van der Waals surface area contributed by atoms with E-state index in [1.54, 1.807) is 6.20 Å². The predicted molar refractivity (Wildman–Crippen MR) is 85.3 cm³/mol. The van der Waals surface area contributed by atoms with Crippen molar-refractivity contribution in [2.75, 3.05) is 13.1 Å². The van der Waals surface area contributed by atoms with Crippen molar-refractivity contribution in [2.24, 2.45) is 0 Å². The van der Waals surface area contributed by atoms with Crippen molar-refractivity contribution in [3.05, 3.63) is 40.7 Å². The maximum atomic E-state index is 12.9. The van der Waals surface area contributed by atoms with Crippen molar-refractivity contribution >= 4 is 5.91 Å². The molecule has 2 aliphatic rings. The number of nitrogens with zero attached hydrogens (tertiary/aromatic N) is 4. The molecular weight excluding hydrogens is 290 g/mol. The van der Waals surface area contributed by atoms with Crippen LogP contribution < -0.4 is 0 Å². The Balaban J connectivity index is 1.54. The van der Waals surface area contributed by atoms with E-state index in [9.17, 15) is 4.79 Å². The lowest BCUT2D eigenvalue weighted by atomic mass is 9.94. The molecule has 1 aliphatic heterocycles. The number of fused-ring (bicyclic) bond motifs is 1. The fourth-order valence-corrected chi connectivity index (χ4v) is 3.75. The van der Waals surface area contributed by atoms with E-state index in [-0.39, 0.29) is 5.91 Å². The van der Waals surface area contributed by atoms with E-state index < -0.39 is 0 Å². The van der Waals surface area contributed by atoms with Crippen LogP contribution in [0.3, 0.4) is 0 Å². The first-order chi connectivity index (χ1) is 11.2. The van der Waals surface area contributed by atoms with Gasteiger partial charge in [-0.3, -0.25) is 9.89 Å². The number of hydrogen-bond donors (Lipinski definition) is 1. The summed E-state index contributed by atoms with van der Waals surface area (Å²) in [7, 11) is 0. The first-order valence-corrected chi connectivity index (χ1v) is 8.37. The Bertz CT molecular complexity index is 738. The Morgan fingerprint density at radius 2 is 2.26 bits per heavy atom. The number of aromatic nitrogens is 4. The fourth-order valence-electron chi connectivity index (χ4n) is 3.75. The van der Waals surface area contributed by atoms with Gasteiger partial charge in [0.15, 0.2) is 5.69 Å². The van der Waals surface area contributed by atoms with E-state index in [0.29, 0.717) is 11.6 Å². The van der Waals surface area contributed by atoms with Gasteiger partial charge in [0.25, 0.3) is 5.91 Å². The summed E-state index contributed by atoms with van der Waals surface area (Å²) in [5, 5.41) is 7.32. The molecule has 3 heterocycles. The number of aromatic amines is 1. The molecule has 23 heavy (non-hydrogen) atoms. The lowest BCUT2D eigenvalue weighted by Crippen LogP contribution is -2.39. The Kier molecular flexibility index (Phi) is 3.59. The molecule has 4 rings (SSSR count). The lowest BCUT2D eigenvalue weighted by Gasteiger charge is -2.32. The standard InChI is InChI=1S/C17H21N5O/c1-11-18-8-7-14(19-11)12-4-3-9-22(10-12)17(23)16-13-5-2-6-15(13)20-21-16/h7-8,12H,2-6,9-10H2,1H3,(H,20,21). The molecule has 0 radical (unpaired) electrons. The minimum Gasteiger partial charge on any atom is -0.337 e. The van der Waals surface area contributed by atoms with Crippen LogP contribution in [0, 0.1) is 6.92 Å². The quantitative estimate of drug-likeness (QED) is 0.920. The largest absolute Gasteiger partial charge is 0.337 e. The van der Waals surface area contributed by atoms with Crippen molar-refractivity contribution in [1.29, 1.82) is 0 Å². The molecule has 6 nitrogen and oxygen atoms in total. The van der Waals surface area contributed by atoms with Crippen LogP contribution >= 0.6 is 0 Å². The predicted octanol–water partition coefficient (Wildman–Crippen LogP) is 2.02. The van der Waals surface area contributed by atoms with E-state index >= 15 is 0 Å². The van der Waals surface area contributed by atoms with Crippen molar-refractivity contribution in [2.45, 2.75) is 44.9 Å². The van der Waals surface area contributed by atoms with Gasteiger partial charge in [-0.25, -0.2) is 9.97 Å². The topological polar surface area (TPSA) is 74.8 Å². The van der Waals surface area contributed by atoms with Gasteiger partial charge in [-0.2, -0.15) is 5.10 Å². The van der Waals surface area contributed by atoms with Crippen LogP contribution in [0.2, 0.25) is 0 Å². The van der Waals surface area contributed by atoms with E-state index in [0.717, 1.165) is 68.0 Å². The summed E-state index contributed by atoms with van der Waals surface area (Å²) in [5.74, 6) is 1.15. The Hall–Kier alpha value is -2.24. The summed E-state index contributed by atoms with van der Waals surface area (Å²) < 4.78 is 0. The molecule has 0 bridgehead atoms. The first-order valence-electron chi connectivity index (χ1n) is 8.37. The van der Waals surface area contributed by atoms with Gasteiger partial charge >= 0.3 is 0 Å². The van der Waals surface area contributed by atoms with Crippen LogP contribution in [0.1, 0.15) is 58.4 Å². The van der Waals surface area contributed by atoms with E-state index in [2.05, 4.69) is 20.2 Å². The summed E-state index contributed by atoms with van der Waals surface area (Å²) in [4.78, 5) is 23.5. The summed E-state index contributed by atoms with van der Waals surface area (Å²) in [5.41, 5.74) is 3.96. The summed E-state index contributed by atoms with van der Waals surface area (Å²) >= 11 is 0. The average Bonchev–Trinajstić information content (AvgIpc) is 3.18. The Morgan fingerprint density at radius 1 is 1.35 bits per heavy atom. The second-order valence-electron chi connectivity index (χ2n) is 6.50. The number of nitrogens with one attached hydrogen (secondary N) is 1. The van der Waals surface area contributed by atoms with Crippen LogP contribution in [0.5, 0.6) is 0 Å². The number of carbonyl (C=O) groups excluding carboxylic acids is 1. The third-order valence-corrected chi connectivity index (χ3v) is 4.93. The van der Waals surface area contributed by atoms with Gasteiger partial charge in [-0.1, -0.05) is 0 Å². The Morgan fingerprint density at radius 3 is 3.13 bits per heavy atom. The molecule has 1 aliphatic carbocycles. The maximum absolute atomic E-state index is 12.9. The van der Waals surface area contributed by atoms with E-state index in [4.69, 9.17) is 0 Å². The zero-order valence-electron chi connectivity index (χ0n) is 13.4. The van der Waals surface area contributed by atoms with Crippen LogP contribution in [0.4, 0.5) is 0 Å². The van der Waals surface area contributed by atoms with Gasteiger partial charge in [0, 0.05) is 42.2 Å². The summed E-state index contributed by atoms with van der Waals surface area (Å²) in [6, 6.07) is 1.97. The number of amides is 1. The molecule has 1 N–H and O–H groups in total. The van der Waals surface area contributed by atoms with E-state index in [1.165, 1.54) is 0 Å². The second-order valence-corrected chi connectivity index (χ2v) is 6.50. The lowest BCUT2D eigenvalue weighted by molar-refractivity contribution is 0.0698. The SMILES string of the molecule is Cc1nccc(C2CCCN(C(=O)c3n[nH]c4c3CCC4)C2)n1. The smallest absolute Gasteiger partial charge is 0.274 e. The molecule has 1 saturated heterocycles. The van der Waals surface area contributed by atoms with Gasteiger partial charge in [0.1, 0.15) is 5.82 Å². The molecule has 1 amide bonds. The zero-order valence-corrected chi connectivity index (χ0v) is 13.4. The molecule has 2 aromatic heterocycles. The first kappa shape index (κ1) is 14.4. The summed E-state index contributed by atoms with van der Waals surface area (Å²) in [6.07, 6.45) is 6.98.